The van der Waals surface area contributed by atoms with E-state index in [1.807, 2.05) is 48.5 Å². The maximum atomic E-state index is 5.34. The molecule has 174 valence electrons. The Balaban J connectivity index is 1.48. The SMILES string of the molecule is COc1ccc(/C=N/n2c(CCc3n[nH]c(=S)n3/N=C/c3ccc(OC)cc3)n[nH]c2=S)cc1. The highest BCUT2D eigenvalue weighted by Crippen LogP contribution is 2.12. The molecule has 2 N–H and O–H groups in total. The molecule has 0 radical (unpaired) electrons. The quantitative estimate of drug-likeness (QED) is 0.271. The number of H-pyrrole nitrogens is 2. The Hall–Kier alpha value is -3.90. The molecule has 4 rings (SSSR count). The Morgan fingerprint density at radius 1 is 0.735 bits per heavy atom. The lowest BCUT2D eigenvalue weighted by Gasteiger charge is -2.03. The summed E-state index contributed by atoms with van der Waals surface area (Å²) in [4.78, 5) is 0. The van der Waals surface area contributed by atoms with Crippen LogP contribution in [0.25, 0.3) is 0 Å². The van der Waals surface area contributed by atoms with Crippen LogP contribution in [0.15, 0.2) is 58.7 Å². The van der Waals surface area contributed by atoms with E-state index >= 15 is 0 Å². The van der Waals surface area contributed by atoms with Gasteiger partial charge in [-0.3, -0.25) is 10.2 Å². The molecular weight excluding hydrogens is 472 g/mol. The second kappa shape index (κ2) is 10.8. The highest BCUT2D eigenvalue weighted by Gasteiger charge is 2.10. The minimum absolute atomic E-state index is 0.399. The van der Waals surface area contributed by atoms with E-state index in [0.29, 0.717) is 34.0 Å². The van der Waals surface area contributed by atoms with Crippen LogP contribution in [0, 0.1) is 9.54 Å². The summed E-state index contributed by atoms with van der Waals surface area (Å²) in [7, 11) is 3.26. The average molecular weight is 495 g/mol. The molecule has 0 bridgehead atoms. The van der Waals surface area contributed by atoms with Crippen LogP contribution >= 0.6 is 24.4 Å². The van der Waals surface area contributed by atoms with Gasteiger partial charge in [-0.05, 0) is 84.1 Å². The zero-order chi connectivity index (χ0) is 23.9. The van der Waals surface area contributed by atoms with Crippen LogP contribution in [-0.4, -0.2) is 56.4 Å². The Morgan fingerprint density at radius 3 is 1.47 bits per heavy atom. The zero-order valence-corrected chi connectivity index (χ0v) is 20.1. The van der Waals surface area contributed by atoms with Crippen molar-refractivity contribution in [2.75, 3.05) is 14.2 Å². The van der Waals surface area contributed by atoms with Gasteiger partial charge in [-0.2, -0.15) is 29.8 Å². The predicted octanol–water partition coefficient (Wildman–Crippen LogP) is 3.76. The first-order valence-corrected chi connectivity index (χ1v) is 11.1. The fourth-order valence-corrected chi connectivity index (χ4v) is 3.46. The molecule has 0 aliphatic heterocycles. The fourth-order valence-electron chi connectivity index (χ4n) is 3.06. The summed E-state index contributed by atoms with van der Waals surface area (Å²) in [5.74, 6) is 2.88. The smallest absolute Gasteiger partial charge is 0.216 e. The number of hydrogen-bond donors (Lipinski definition) is 2. The molecule has 34 heavy (non-hydrogen) atoms. The predicted molar refractivity (Wildman–Crippen MR) is 134 cm³/mol. The van der Waals surface area contributed by atoms with E-state index in [9.17, 15) is 0 Å². The van der Waals surface area contributed by atoms with Crippen molar-refractivity contribution in [3.8, 4) is 11.5 Å². The number of methoxy groups -OCH3 is 2. The summed E-state index contributed by atoms with van der Waals surface area (Å²) >= 11 is 10.7. The van der Waals surface area contributed by atoms with E-state index in [-0.39, 0.29) is 0 Å². The van der Waals surface area contributed by atoms with Gasteiger partial charge in [-0.15, -0.1) is 0 Å². The van der Waals surface area contributed by atoms with E-state index in [0.717, 1.165) is 22.6 Å². The van der Waals surface area contributed by atoms with Gasteiger partial charge in [0.2, 0.25) is 9.54 Å². The van der Waals surface area contributed by atoms with Crippen molar-refractivity contribution in [1.29, 1.82) is 0 Å². The van der Waals surface area contributed by atoms with Crippen molar-refractivity contribution in [1.82, 2.24) is 29.7 Å². The highest BCUT2D eigenvalue weighted by atomic mass is 32.1. The molecule has 0 aliphatic carbocycles. The summed E-state index contributed by atoms with van der Waals surface area (Å²) in [6.07, 6.45) is 4.46. The molecule has 0 aliphatic rings. The molecule has 2 heterocycles. The number of nitrogens with zero attached hydrogens (tertiary/aromatic N) is 6. The largest absolute Gasteiger partial charge is 0.497 e. The third-order valence-corrected chi connectivity index (χ3v) is 5.41. The lowest BCUT2D eigenvalue weighted by atomic mass is 10.2. The molecule has 0 saturated carbocycles. The van der Waals surface area contributed by atoms with Crippen molar-refractivity contribution >= 4 is 36.9 Å². The first kappa shape index (κ1) is 23.3. The summed E-state index contributed by atoms with van der Waals surface area (Å²) in [6, 6.07) is 15.1. The molecular formula is C22H22N8O2S2. The zero-order valence-electron chi connectivity index (χ0n) is 18.5. The first-order valence-electron chi connectivity index (χ1n) is 10.3. The second-order valence-electron chi connectivity index (χ2n) is 7.05. The Labute approximate surface area is 205 Å². The third kappa shape index (κ3) is 5.53. The molecule has 0 saturated heterocycles. The number of ether oxygens (including phenoxy) is 2. The first-order chi connectivity index (χ1) is 16.6. The Bertz CT molecular complexity index is 1300. The molecule has 2 aromatic heterocycles. The van der Waals surface area contributed by atoms with Gasteiger partial charge in [0.15, 0.2) is 11.6 Å². The number of nitrogens with one attached hydrogen (secondary N) is 2. The minimum atomic E-state index is 0.399. The normalized spacial score (nSPS) is 11.5. The van der Waals surface area contributed by atoms with E-state index in [1.165, 1.54) is 0 Å². The molecule has 10 nitrogen and oxygen atoms in total. The highest BCUT2D eigenvalue weighted by molar-refractivity contribution is 7.71. The number of rotatable bonds is 9. The summed E-state index contributed by atoms with van der Waals surface area (Å²) < 4.78 is 14.3. The van der Waals surface area contributed by atoms with Crippen molar-refractivity contribution in [3.05, 3.63) is 80.8 Å². The Kier molecular flexibility index (Phi) is 7.40. The Morgan fingerprint density at radius 2 is 1.12 bits per heavy atom. The molecule has 4 aromatic rings. The number of aromatic nitrogens is 6. The van der Waals surface area contributed by atoms with Crippen molar-refractivity contribution < 1.29 is 9.47 Å². The molecule has 0 amide bonds. The lowest BCUT2D eigenvalue weighted by molar-refractivity contribution is 0.414. The van der Waals surface area contributed by atoms with Gasteiger partial charge in [0, 0.05) is 12.8 Å². The maximum absolute atomic E-state index is 5.34. The number of hydrogen-bond acceptors (Lipinski definition) is 8. The topological polar surface area (TPSA) is 110 Å². The van der Waals surface area contributed by atoms with E-state index < -0.39 is 0 Å². The third-order valence-electron chi connectivity index (χ3n) is 4.88. The van der Waals surface area contributed by atoms with Gasteiger partial charge in [0.1, 0.15) is 11.5 Å². The molecule has 12 heteroatoms. The van der Waals surface area contributed by atoms with Gasteiger partial charge in [-0.1, -0.05) is 0 Å². The monoisotopic (exact) mass is 494 g/mol. The molecule has 0 spiro atoms. The van der Waals surface area contributed by atoms with Gasteiger partial charge in [0.05, 0.1) is 26.6 Å². The summed E-state index contributed by atoms with van der Waals surface area (Å²) in [5.41, 5.74) is 1.81. The fraction of sp³-hybridized carbons (Fsp3) is 0.182. The standard InChI is InChI=1S/C22H22N8O2S2/c1-31-17-7-3-15(4-8-17)13-23-29-19(25-27-21(29)33)11-12-20-26-28-22(34)30(20)24-14-16-5-9-18(32-2)10-6-16/h3-10,13-14H,11-12H2,1-2H3,(H,27,33)(H,28,34)/b23-13+,24-14+. The number of aryl methyl sites for hydroxylation is 2. The average Bonchev–Trinajstić information content (AvgIpc) is 3.41. The summed E-state index contributed by atoms with van der Waals surface area (Å²) in [5, 5.41) is 23.1. The van der Waals surface area contributed by atoms with E-state index in [1.54, 1.807) is 36.0 Å². The summed E-state index contributed by atoms with van der Waals surface area (Å²) in [6.45, 7) is 0. The van der Waals surface area contributed by atoms with Crippen molar-refractivity contribution in [2.24, 2.45) is 10.2 Å². The molecule has 0 unspecified atom stereocenters. The van der Waals surface area contributed by atoms with Crippen LogP contribution in [0.2, 0.25) is 0 Å². The van der Waals surface area contributed by atoms with Crippen molar-refractivity contribution in [2.45, 2.75) is 12.8 Å². The van der Waals surface area contributed by atoms with E-state index in [2.05, 4.69) is 30.6 Å². The maximum Gasteiger partial charge on any atom is 0.216 e. The van der Waals surface area contributed by atoms with Crippen LogP contribution in [0.5, 0.6) is 11.5 Å². The number of aromatic amines is 2. The van der Waals surface area contributed by atoms with Gasteiger partial charge >= 0.3 is 0 Å². The molecule has 2 aromatic carbocycles. The van der Waals surface area contributed by atoms with Crippen molar-refractivity contribution in [3.63, 3.8) is 0 Å². The number of benzene rings is 2. The van der Waals surface area contributed by atoms with Crippen LogP contribution in [-0.2, 0) is 12.8 Å². The van der Waals surface area contributed by atoms with Gasteiger partial charge in [0.25, 0.3) is 0 Å². The van der Waals surface area contributed by atoms with Crippen LogP contribution < -0.4 is 9.47 Å². The van der Waals surface area contributed by atoms with Gasteiger partial charge < -0.3 is 9.47 Å². The second-order valence-corrected chi connectivity index (χ2v) is 7.82. The minimum Gasteiger partial charge on any atom is -0.497 e. The van der Waals surface area contributed by atoms with Crippen LogP contribution in [0.1, 0.15) is 22.8 Å². The molecule has 0 atom stereocenters. The van der Waals surface area contributed by atoms with E-state index in [4.69, 9.17) is 33.9 Å². The van der Waals surface area contributed by atoms with Crippen LogP contribution in [0.4, 0.5) is 0 Å². The molecule has 0 fully saturated rings. The van der Waals surface area contributed by atoms with Crippen LogP contribution in [0.3, 0.4) is 0 Å². The lowest BCUT2D eigenvalue weighted by Crippen LogP contribution is -2.05. The van der Waals surface area contributed by atoms with Gasteiger partial charge in [-0.25, -0.2) is 0 Å².